The van der Waals surface area contributed by atoms with Crippen molar-refractivity contribution >= 4 is 17.4 Å². The van der Waals surface area contributed by atoms with Crippen LogP contribution in [0.1, 0.15) is 47.4 Å². The summed E-state index contributed by atoms with van der Waals surface area (Å²) in [5, 5.41) is 9.63. The van der Waals surface area contributed by atoms with Crippen LogP contribution in [0.2, 0.25) is 5.15 Å². The van der Waals surface area contributed by atoms with Gasteiger partial charge in [0.05, 0.1) is 11.1 Å². The maximum Gasteiger partial charge on any atom is 0.416 e. The summed E-state index contributed by atoms with van der Waals surface area (Å²) < 4.78 is 80.3. The molecule has 0 fully saturated rings. The number of nitriles is 1. The standard InChI is InChI=1S/C26H19ClF6N2O/c1-14-6-4-5-7-18(14)19-12-23(27)35-21(13-34)20(19)11-22(36)24(2,3)15-8-16(25(28,29)30)10-17(9-15)26(31,32)33/h4-10,12H,11H2,1-3H3. The smallest absolute Gasteiger partial charge is 0.298 e. The second-order valence-electron chi connectivity index (χ2n) is 8.77. The molecule has 10 heteroatoms. The van der Waals surface area contributed by atoms with Crippen LogP contribution in [0.4, 0.5) is 26.3 Å². The number of hydrogen-bond acceptors (Lipinski definition) is 3. The molecule has 0 aliphatic heterocycles. The van der Waals surface area contributed by atoms with Crippen LogP contribution < -0.4 is 0 Å². The highest BCUT2D eigenvalue weighted by Gasteiger charge is 2.40. The van der Waals surface area contributed by atoms with Gasteiger partial charge >= 0.3 is 12.4 Å². The quantitative estimate of drug-likeness (QED) is 0.254. The lowest BCUT2D eigenvalue weighted by Crippen LogP contribution is -2.32. The number of ketones is 1. The highest BCUT2D eigenvalue weighted by molar-refractivity contribution is 6.29. The van der Waals surface area contributed by atoms with Gasteiger partial charge in [0.1, 0.15) is 22.7 Å². The Hall–Kier alpha value is -3.38. The van der Waals surface area contributed by atoms with E-state index in [4.69, 9.17) is 11.6 Å². The van der Waals surface area contributed by atoms with Gasteiger partial charge in [-0.05, 0) is 67.3 Å². The molecule has 2 aromatic carbocycles. The number of Topliss-reactive ketones (excluding diaryl/α,β-unsaturated/α-hetero) is 1. The molecule has 0 spiro atoms. The summed E-state index contributed by atoms with van der Waals surface area (Å²) >= 11 is 6.09. The lowest BCUT2D eigenvalue weighted by atomic mass is 9.76. The molecule has 1 aromatic heterocycles. The maximum absolute atomic E-state index is 13.4. The summed E-state index contributed by atoms with van der Waals surface area (Å²) in [4.78, 5) is 17.4. The van der Waals surface area contributed by atoms with E-state index in [1.807, 2.05) is 6.07 Å². The molecule has 188 valence electrons. The number of halogens is 7. The molecule has 1 heterocycles. The summed E-state index contributed by atoms with van der Waals surface area (Å²) in [6.45, 7) is 4.29. The lowest BCUT2D eigenvalue weighted by molar-refractivity contribution is -0.143. The van der Waals surface area contributed by atoms with E-state index in [-0.39, 0.29) is 22.5 Å². The first kappa shape index (κ1) is 27.2. The Kier molecular flexibility index (Phi) is 7.24. The number of benzene rings is 2. The predicted molar refractivity (Wildman–Crippen MR) is 122 cm³/mol. The third-order valence-electron chi connectivity index (χ3n) is 5.98. The molecule has 0 radical (unpaired) electrons. The van der Waals surface area contributed by atoms with Crippen molar-refractivity contribution in [3.63, 3.8) is 0 Å². The normalized spacial score (nSPS) is 12.4. The number of alkyl halides is 6. The summed E-state index contributed by atoms with van der Waals surface area (Å²) in [5.74, 6) is -0.703. The Morgan fingerprint density at radius 1 is 0.917 bits per heavy atom. The number of aromatic nitrogens is 1. The number of nitrogens with zero attached hydrogens (tertiary/aromatic N) is 2. The number of pyridine rings is 1. The van der Waals surface area contributed by atoms with Gasteiger partial charge in [0.15, 0.2) is 0 Å². The molecule has 0 N–H and O–H groups in total. The summed E-state index contributed by atoms with van der Waals surface area (Å²) in [7, 11) is 0. The minimum atomic E-state index is -5.05. The molecule has 0 atom stereocenters. The van der Waals surface area contributed by atoms with Crippen molar-refractivity contribution in [2.24, 2.45) is 0 Å². The van der Waals surface area contributed by atoms with Crippen LogP contribution in [0.3, 0.4) is 0 Å². The zero-order chi connectivity index (χ0) is 27.1. The van der Waals surface area contributed by atoms with Crippen LogP contribution in [0.15, 0.2) is 48.5 Å². The number of carbonyl (C=O) groups excluding carboxylic acids is 1. The zero-order valence-corrected chi connectivity index (χ0v) is 20.0. The van der Waals surface area contributed by atoms with Crippen LogP contribution in [-0.2, 0) is 29.0 Å². The molecule has 0 aliphatic rings. The number of hydrogen-bond donors (Lipinski definition) is 0. The van der Waals surface area contributed by atoms with Crippen LogP contribution in [0.25, 0.3) is 11.1 Å². The SMILES string of the molecule is Cc1ccccc1-c1cc(Cl)nc(C#N)c1CC(=O)C(C)(C)c1cc(C(F)(F)F)cc(C(F)(F)F)c1. The van der Waals surface area contributed by atoms with Gasteiger partial charge in [0, 0.05) is 17.4 Å². The van der Waals surface area contributed by atoms with Crippen molar-refractivity contribution < 1.29 is 31.1 Å². The molecule has 3 rings (SSSR count). The lowest BCUT2D eigenvalue weighted by Gasteiger charge is -2.27. The van der Waals surface area contributed by atoms with Gasteiger partial charge < -0.3 is 0 Å². The molecule has 3 nitrogen and oxygen atoms in total. The Balaban J connectivity index is 2.15. The Morgan fingerprint density at radius 3 is 1.94 bits per heavy atom. The fourth-order valence-electron chi connectivity index (χ4n) is 3.79. The van der Waals surface area contributed by atoms with Crippen LogP contribution in [0, 0.1) is 18.3 Å². The number of carbonyl (C=O) groups is 1. The molecule has 0 bridgehead atoms. The van der Waals surface area contributed by atoms with Crippen LogP contribution >= 0.6 is 11.6 Å². The summed E-state index contributed by atoms with van der Waals surface area (Å²) in [5.41, 5.74) is -3.36. The maximum atomic E-state index is 13.4. The van der Waals surface area contributed by atoms with Gasteiger partial charge in [0.25, 0.3) is 0 Å². The van der Waals surface area contributed by atoms with E-state index in [0.29, 0.717) is 23.3 Å². The second-order valence-corrected chi connectivity index (χ2v) is 9.15. The Bertz CT molecular complexity index is 1340. The second kappa shape index (κ2) is 9.58. The van der Waals surface area contributed by atoms with E-state index in [0.717, 1.165) is 5.56 Å². The van der Waals surface area contributed by atoms with Crippen LogP contribution in [0.5, 0.6) is 0 Å². The molecular weight excluding hydrogens is 506 g/mol. The van der Waals surface area contributed by atoms with Gasteiger partial charge in [-0.2, -0.15) is 31.6 Å². The van der Waals surface area contributed by atoms with E-state index >= 15 is 0 Å². The van der Waals surface area contributed by atoms with Crippen molar-refractivity contribution in [1.29, 1.82) is 5.26 Å². The third-order valence-corrected chi connectivity index (χ3v) is 6.17. The van der Waals surface area contributed by atoms with Gasteiger partial charge in [-0.15, -0.1) is 0 Å². The first-order valence-electron chi connectivity index (χ1n) is 10.5. The number of rotatable bonds is 5. The molecule has 0 saturated carbocycles. The fourth-order valence-corrected chi connectivity index (χ4v) is 3.98. The van der Waals surface area contributed by atoms with Gasteiger partial charge in [-0.3, -0.25) is 4.79 Å². The average molecular weight is 525 g/mol. The van der Waals surface area contributed by atoms with Gasteiger partial charge in [0.2, 0.25) is 0 Å². The first-order chi connectivity index (χ1) is 16.6. The largest absolute Gasteiger partial charge is 0.416 e. The Morgan fingerprint density at radius 2 is 1.44 bits per heavy atom. The first-order valence-corrected chi connectivity index (χ1v) is 10.9. The molecular formula is C26H19ClF6N2O. The van der Waals surface area contributed by atoms with Crippen LogP contribution in [-0.4, -0.2) is 10.8 Å². The highest BCUT2D eigenvalue weighted by Crippen LogP contribution is 2.40. The topological polar surface area (TPSA) is 53.8 Å². The molecule has 0 amide bonds. The minimum absolute atomic E-state index is 0.00652. The molecule has 0 aliphatic carbocycles. The molecule has 3 aromatic rings. The van der Waals surface area contributed by atoms with Crippen molar-refractivity contribution in [3.8, 4) is 17.2 Å². The molecule has 0 unspecified atom stereocenters. The third kappa shape index (κ3) is 5.54. The number of aryl methyl sites for hydroxylation is 1. The summed E-state index contributed by atoms with van der Waals surface area (Å²) in [6.07, 6.45) is -10.6. The fraction of sp³-hybridized carbons (Fsp3) is 0.269. The Labute approximate surface area is 208 Å². The van der Waals surface area contributed by atoms with Crippen molar-refractivity contribution in [3.05, 3.63) is 87.2 Å². The van der Waals surface area contributed by atoms with Gasteiger partial charge in [-0.1, -0.05) is 35.9 Å². The van der Waals surface area contributed by atoms with E-state index in [2.05, 4.69) is 4.98 Å². The van der Waals surface area contributed by atoms with Gasteiger partial charge in [-0.25, -0.2) is 4.98 Å². The average Bonchev–Trinajstić information content (AvgIpc) is 2.78. The van der Waals surface area contributed by atoms with E-state index in [9.17, 15) is 36.4 Å². The summed E-state index contributed by atoms with van der Waals surface area (Å²) in [6, 6.07) is 11.5. The highest BCUT2D eigenvalue weighted by atomic mass is 35.5. The monoisotopic (exact) mass is 524 g/mol. The minimum Gasteiger partial charge on any atom is -0.298 e. The molecule has 36 heavy (non-hydrogen) atoms. The van der Waals surface area contributed by atoms with E-state index < -0.39 is 46.7 Å². The van der Waals surface area contributed by atoms with E-state index in [1.165, 1.54) is 19.9 Å². The van der Waals surface area contributed by atoms with Crippen molar-refractivity contribution in [2.45, 2.75) is 45.0 Å². The molecule has 0 saturated heterocycles. The zero-order valence-electron chi connectivity index (χ0n) is 19.3. The van der Waals surface area contributed by atoms with Crippen molar-refractivity contribution in [1.82, 2.24) is 4.98 Å². The van der Waals surface area contributed by atoms with E-state index in [1.54, 1.807) is 31.2 Å². The predicted octanol–water partition coefficient (Wildman–Crippen LogP) is 7.71. The van der Waals surface area contributed by atoms with Crippen molar-refractivity contribution in [2.75, 3.05) is 0 Å².